The molecule has 1 aromatic heterocycles. The van der Waals surface area contributed by atoms with Gasteiger partial charge in [0.15, 0.2) is 5.13 Å². The Morgan fingerprint density at radius 2 is 1.76 bits per heavy atom. The predicted molar refractivity (Wildman–Crippen MR) is 136 cm³/mol. The Kier molecular flexibility index (Phi) is 6.56. The summed E-state index contributed by atoms with van der Waals surface area (Å²) in [5.41, 5.74) is 1.62. The Bertz CT molecular complexity index is 1290. The summed E-state index contributed by atoms with van der Waals surface area (Å²) < 4.78 is 6.33. The second-order valence-corrected chi connectivity index (χ2v) is 9.55. The molecule has 0 unspecified atom stereocenters. The van der Waals surface area contributed by atoms with Gasteiger partial charge in [-0.15, -0.1) is 0 Å². The number of rotatable bonds is 6. The molecule has 0 spiro atoms. The number of ether oxygens (including phenoxy) is 1. The number of carbonyl (C=O) groups excluding carboxylic acids is 2. The number of hydrogen-bond donors (Lipinski definition) is 0. The maximum absolute atomic E-state index is 13.5. The van der Waals surface area contributed by atoms with Gasteiger partial charge >= 0.3 is 0 Å². The van der Waals surface area contributed by atoms with Crippen molar-refractivity contribution >= 4 is 49.3 Å². The van der Waals surface area contributed by atoms with E-state index in [0.717, 1.165) is 26.6 Å². The monoisotopic (exact) mass is 473 g/mol. The maximum atomic E-state index is 13.5. The molecule has 34 heavy (non-hydrogen) atoms. The molecule has 7 heteroatoms. The van der Waals surface area contributed by atoms with Crippen LogP contribution in [0.2, 0.25) is 0 Å². The number of hydrogen-bond acceptors (Lipinski definition) is 5. The number of thiazole rings is 1. The summed E-state index contributed by atoms with van der Waals surface area (Å²) in [5, 5.41) is 2.73. The van der Waals surface area contributed by atoms with Gasteiger partial charge in [0, 0.05) is 31.7 Å². The number of para-hydroxylation sites is 1. The minimum atomic E-state index is -0.138. The molecule has 4 aromatic rings. The first-order chi connectivity index (χ1) is 16.7. The van der Waals surface area contributed by atoms with Gasteiger partial charge in [-0.05, 0) is 41.8 Å². The third-order valence-corrected chi connectivity index (χ3v) is 7.51. The zero-order valence-electron chi connectivity index (χ0n) is 19.1. The molecule has 5 rings (SSSR count). The van der Waals surface area contributed by atoms with Crippen LogP contribution in [0.1, 0.15) is 23.2 Å². The van der Waals surface area contributed by atoms with Gasteiger partial charge in [-0.1, -0.05) is 59.9 Å². The smallest absolute Gasteiger partial charge is 0.254 e. The van der Waals surface area contributed by atoms with Crippen LogP contribution in [0, 0.1) is 5.92 Å². The van der Waals surface area contributed by atoms with Gasteiger partial charge in [0.1, 0.15) is 0 Å². The fourth-order valence-electron chi connectivity index (χ4n) is 4.59. The molecule has 6 nitrogen and oxygen atoms in total. The molecule has 0 bridgehead atoms. The standard InChI is InChI=1S/C27H27N3O3S/c1-33-18-17-30(27-28-23-11-4-5-12-24(23)34-27)25(31)20-13-15-29(16-14-20)26(32)22-10-6-8-19-7-2-3-9-21(19)22/h2-12,20H,13-18H2,1H3. The lowest BCUT2D eigenvalue weighted by Gasteiger charge is -2.33. The molecule has 0 radical (unpaired) electrons. The lowest BCUT2D eigenvalue weighted by atomic mass is 9.94. The molecule has 0 aliphatic carbocycles. The van der Waals surface area contributed by atoms with E-state index in [-0.39, 0.29) is 17.7 Å². The molecule has 2 heterocycles. The lowest BCUT2D eigenvalue weighted by Crippen LogP contribution is -2.45. The fraction of sp³-hybridized carbons (Fsp3) is 0.296. The first-order valence-corrected chi connectivity index (χ1v) is 12.4. The summed E-state index contributed by atoms with van der Waals surface area (Å²) in [6.45, 7) is 2.04. The van der Waals surface area contributed by atoms with Gasteiger partial charge in [0.2, 0.25) is 5.91 Å². The van der Waals surface area contributed by atoms with Crippen molar-refractivity contribution in [2.45, 2.75) is 12.8 Å². The molecule has 1 aliphatic rings. The van der Waals surface area contributed by atoms with E-state index in [1.807, 2.05) is 71.6 Å². The summed E-state index contributed by atoms with van der Waals surface area (Å²) in [4.78, 5) is 35.2. The van der Waals surface area contributed by atoms with Gasteiger partial charge in [-0.3, -0.25) is 14.5 Å². The normalized spacial score (nSPS) is 14.6. The minimum absolute atomic E-state index is 0.0325. The summed E-state index contributed by atoms with van der Waals surface area (Å²) in [7, 11) is 1.64. The largest absolute Gasteiger partial charge is 0.383 e. The number of fused-ring (bicyclic) bond motifs is 2. The number of benzene rings is 3. The summed E-state index contributed by atoms with van der Waals surface area (Å²) >= 11 is 1.53. The average Bonchev–Trinajstić information content (AvgIpc) is 3.32. The molecule has 0 N–H and O–H groups in total. The van der Waals surface area contributed by atoms with Crippen molar-refractivity contribution < 1.29 is 14.3 Å². The lowest BCUT2D eigenvalue weighted by molar-refractivity contribution is -0.123. The van der Waals surface area contributed by atoms with Crippen molar-refractivity contribution in [1.29, 1.82) is 0 Å². The first-order valence-electron chi connectivity index (χ1n) is 11.6. The highest BCUT2D eigenvalue weighted by Crippen LogP contribution is 2.31. The van der Waals surface area contributed by atoms with Crippen molar-refractivity contribution in [3.63, 3.8) is 0 Å². The zero-order chi connectivity index (χ0) is 23.5. The van der Waals surface area contributed by atoms with Crippen LogP contribution in [-0.2, 0) is 9.53 Å². The molecule has 2 amide bonds. The van der Waals surface area contributed by atoms with E-state index in [2.05, 4.69) is 0 Å². The Morgan fingerprint density at radius 1 is 1.03 bits per heavy atom. The molecular weight excluding hydrogens is 446 g/mol. The van der Waals surface area contributed by atoms with E-state index >= 15 is 0 Å². The van der Waals surface area contributed by atoms with Crippen molar-refractivity contribution in [3.8, 4) is 0 Å². The van der Waals surface area contributed by atoms with Crippen LogP contribution in [0.3, 0.4) is 0 Å². The van der Waals surface area contributed by atoms with Crippen molar-refractivity contribution in [1.82, 2.24) is 9.88 Å². The zero-order valence-corrected chi connectivity index (χ0v) is 20.0. The molecule has 3 aromatic carbocycles. The molecule has 1 fully saturated rings. The number of piperidine rings is 1. The van der Waals surface area contributed by atoms with E-state index in [4.69, 9.17) is 9.72 Å². The molecule has 0 atom stereocenters. The second-order valence-electron chi connectivity index (χ2n) is 8.54. The number of amides is 2. The number of methoxy groups -OCH3 is 1. The highest BCUT2D eigenvalue weighted by atomic mass is 32.1. The topological polar surface area (TPSA) is 62.7 Å². The Labute approximate surface area is 202 Å². The van der Waals surface area contributed by atoms with Gasteiger partial charge in [-0.25, -0.2) is 4.98 Å². The second kappa shape index (κ2) is 9.91. The number of nitrogens with zero attached hydrogens (tertiary/aromatic N) is 3. The van der Waals surface area contributed by atoms with Gasteiger partial charge in [-0.2, -0.15) is 0 Å². The van der Waals surface area contributed by atoms with Crippen LogP contribution >= 0.6 is 11.3 Å². The fourth-order valence-corrected chi connectivity index (χ4v) is 5.59. The number of carbonyl (C=O) groups is 2. The first kappa shape index (κ1) is 22.5. The minimum Gasteiger partial charge on any atom is -0.383 e. The van der Waals surface area contributed by atoms with E-state index < -0.39 is 0 Å². The third-order valence-electron chi connectivity index (χ3n) is 6.45. The Hall–Kier alpha value is -3.29. The van der Waals surface area contributed by atoms with Crippen LogP contribution in [0.15, 0.2) is 66.7 Å². The molecule has 1 aliphatic heterocycles. The van der Waals surface area contributed by atoms with Gasteiger partial charge in [0.25, 0.3) is 5.91 Å². The number of likely N-dealkylation sites (tertiary alicyclic amines) is 1. The SMILES string of the molecule is COCCN(C(=O)C1CCN(C(=O)c2cccc3ccccc23)CC1)c1nc2ccccc2s1. The van der Waals surface area contributed by atoms with Gasteiger partial charge in [0.05, 0.1) is 23.4 Å². The molecular formula is C27H27N3O3S. The van der Waals surface area contributed by atoms with Crippen LogP contribution in [0.4, 0.5) is 5.13 Å². The third kappa shape index (κ3) is 4.41. The Balaban J connectivity index is 1.30. The quantitative estimate of drug-likeness (QED) is 0.396. The maximum Gasteiger partial charge on any atom is 0.254 e. The molecule has 0 saturated carbocycles. The van der Waals surface area contributed by atoms with Crippen molar-refractivity contribution in [2.75, 3.05) is 38.3 Å². The number of anilines is 1. The van der Waals surface area contributed by atoms with Crippen LogP contribution in [-0.4, -0.2) is 55.0 Å². The van der Waals surface area contributed by atoms with Crippen LogP contribution in [0.5, 0.6) is 0 Å². The summed E-state index contributed by atoms with van der Waals surface area (Å²) in [5.74, 6) is -0.0427. The molecule has 1 saturated heterocycles. The summed E-state index contributed by atoms with van der Waals surface area (Å²) in [6, 6.07) is 21.7. The highest BCUT2D eigenvalue weighted by Gasteiger charge is 2.32. The van der Waals surface area contributed by atoms with E-state index in [1.165, 1.54) is 11.3 Å². The average molecular weight is 474 g/mol. The predicted octanol–water partition coefficient (Wildman–Crippen LogP) is 4.98. The van der Waals surface area contributed by atoms with E-state index in [1.54, 1.807) is 12.0 Å². The summed E-state index contributed by atoms with van der Waals surface area (Å²) in [6.07, 6.45) is 1.29. The van der Waals surface area contributed by atoms with E-state index in [0.29, 0.717) is 44.2 Å². The van der Waals surface area contributed by atoms with Crippen molar-refractivity contribution in [2.24, 2.45) is 5.92 Å². The number of aromatic nitrogens is 1. The highest BCUT2D eigenvalue weighted by molar-refractivity contribution is 7.22. The van der Waals surface area contributed by atoms with Crippen molar-refractivity contribution in [3.05, 3.63) is 72.3 Å². The van der Waals surface area contributed by atoms with Gasteiger partial charge < -0.3 is 9.64 Å². The van der Waals surface area contributed by atoms with Crippen LogP contribution in [0.25, 0.3) is 21.0 Å². The van der Waals surface area contributed by atoms with Crippen LogP contribution < -0.4 is 4.90 Å². The Morgan fingerprint density at radius 3 is 2.56 bits per heavy atom. The van der Waals surface area contributed by atoms with E-state index in [9.17, 15) is 9.59 Å². The molecule has 174 valence electrons.